The lowest BCUT2D eigenvalue weighted by Gasteiger charge is -2.37. The van der Waals surface area contributed by atoms with Crippen molar-refractivity contribution in [2.45, 2.75) is 0 Å². The molecule has 3 heterocycles. The molecule has 57 heavy (non-hydrogen) atoms. The number of allylic oxidation sites excluding steroid dienone is 2. The fourth-order valence-electron chi connectivity index (χ4n) is 9.15. The summed E-state index contributed by atoms with van der Waals surface area (Å²) in [6, 6.07) is 76.0. The van der Waals surface area contributed by atoms with E-state index in [2.05, 4.69) is 251 Å². The fraction of sp³-hybridized carbons (Fsp3) is 0. The van der Waals surface area contributed by atoms with Crippen molar-refractivity contribution in [1.82, 2.24) is 9.69 Å². The van der Waals surface area contributed by atoms with Gasteiger partial charge < -0.3 is 4.57 Å². The standard InChI is InChI=1S/C52H38N4Si/c1-5-19-39(20-6-1)40-35-42(37-46(36-40)57(43-21-7-2-8-22-43,44-23-9-3-10-24-44)45-25-11-4-12-26-45)56-51-32-31-41(38-52(51)53-33-17-18-34-54(53)56)55-49-29-15-13-27-47(49)48-28-14-16-30-50(48)55/h1-38H. The molecule has 2 aliphatic rings. The Balaban J connectivity index is 1.17. The van der Waals surface area contributed by atoms with Gasteiger partial charge in [0.05, 0.1) is 28.1 Å². The summed E-state index contributed by atoms with van der Waals surface area (Å²) in [4.78, 5) is 0. The number of fused-ring (bicyclic) bond motifs is 6. The maximum Gasteiger partial charge on any atom is 0.179 e. The molecule has 270 valence electrons. The first-order chi connectivity index (χ1) is 28.3. The fourth-order valence-corrected chi connectivity index (χ4v) is 14.0. The summed E-state index contributed by atoms with van der Waals surface area (Å²) in [5, 5.41) is 14.7. The summed E-state index contributed by atoms with van der Waals surface area (Å²) in [7, 11) is -2.87. The van der Waals surface area contributed by atoms with Gasteiger partial charge in [0, 0.05) is 28.9 Å². The van der Waals surface area contributed by atoms with Crippen LogP contribution < -0.4 is 30.8 Å². The summed E-state index contributed by atoms with van der Waals surface area (Å²) in [5.74, 6) is 0. The predicted octanol–water partition coefficient (Wildman–Crippen LogP) is 9.96. The molecule has 0 N–H and O–H groups in total. The van der Waals surface area contributed by atoms with Crippen molar-refractivity contribution in [3.8, 4) is 16.8 Å². The smallest absolute Gasteiger partial charge is 0.179 e. The SMILES string of the molecule is C1=CN2c3cc(-n4c5ccccc5c5ccccc54)ccc3N(c3cc(-c4ccccc4)cc([Si](c4ccccc4)(c4ccccc4)c4ccccc4)c3)N2C=C1. The van der Waals surface area contributed by atoms with Crippen LogP contribution in [0.5, 0.6) is 0 Å². The Morgan fingerprint density at radius 2 is 0.877 bits per heavy atom. The van der Waals surface area contributed by atoms with Crippen LogP contribution in [-0.2, 0) is 0 Å². The molecule has 0 amide bonds. The number of hydrazine groups is 2. The topological polar surface area (TPSA) is 14.7 Å². The van der Waals surface area contributed by atoms with Gasteiger partial charge in [-0.2, -0.15) is 5.12 Å². The Bertz CT molecular complexity index is 2820. The number of nitrogens with zero attached hydrogens (tertiary/aromatic N) is 4. The van der Waals surface area contributed by atoms with Gasteiger partial charge in [0.2, 0.25) is 0 Å². The highest BCUT2D eigenvalue weighted by Crippen LogP contribution is 2.47. The molecule has 0 unspecified atom stereocenters. The largest absolute Gasteiger partial charge is 0.309 e. The van der Waals surface area contributed by atoms with E-state index in [1.165, 1.54) is 53.7 Å². The van der Waals surface area contributed by atoms with Gasteiger partial charge in [-0.3, -0.25) is 0 Å². The normalized spacial score (nSPS) is 13.4. The Kier molecular flexibility index (Phi) is 7.79. The Labute approximate surface area is 333 Å². The molecule has 5 heteroatoms. The Morgan fingerprint density at radius 1 is 0.351 bits per heavy atom. The highest BCUT2D eigenvalue weighted by molar-refractivity contribution is 7.20. The van der Waals surface area contributed by atoms with Gasteiger partial charge in [0.25, 0.3) is 0 Å². The molecule has 4 nitrogen and oxygen atoms in total. The van der Waals surface area contributed by atoms with Gasteiger partial charge in [-0.05, 0) is 86.5 Å². The Morgan fingerprint density at radius 3 is 1.47 bits per heavy atom. The van der Waals surface area contributed by atoms with Crippen molar-refractivity contribution in [2.24, 2.45) is 0 Å². The second kappa shape index (κ2) is 13.4. The van der Waals surface area contributed by atoms with Crippen LogP contribution in [0.25, 0.3) is 38.6 Å². The Hall–Kier alpha value is -7.34. The molecule has 11 rings (SSSR count). The quantitative estimate of drug-likeness (QED) is 0.119. The second-order valence-electron chi connectivity index (χ2n) is 14.7. The van der Waals surface area contributed by atoms with E-state index in [4.69, 9.17) is 0 Å². The molecule has 0 atom stereocenters. The van der Waals surface area contributed by atoms with E-state index in [9.17, 15) is 0 Å². The first kappa shape index (κ1) is 33.0. The molecule has 0 radical (unpaired) electrons. The highest BCUT2D eigenvalue weighted by atomic mass is 28.3. The number of rotatable bonds is 7. The number of anilines is 3. The second-order valence-corrected chi connectivity index (χ2v) is 18.5. The van der Waals surface area contributed by atoms with Gasteiger partial charge in [0.15, 0.2) is 8.07 Å². The predicted molar refractivity (Wildman–Crippen MR) is 241 cm³/mol. The van der Waals surface area contributed by atoms with Crippen molar-refractivity contribution in [1.29, 1.82) is 0 Å². The molecule has 0 saturated carbocycles. The molecule has 0 spiro atoms. The number of para-hydroxylation sites is 2. The van der Waals surface area contributed by atoms with Crippen molar-refractivity contribution in [2.75, 3.05) is 10.0 Å². The zero-order chi connectivity index (χ0) is 37.8. The maximum atomic E-state index is 2.46. The monoisotopic (exact) mass is 746 g/mol. The number of benzene rings is 8. The van der Waals surface area contributed by atoms with Crippen LogP contribution in [-0.4, -0.2) is 17.8 Å². The summed E-state index contributed by atoms with van der Waals surface area (Å²) in [5.41, 5.74) is 9.20. The van der Waals surface area contributed by atoms with Crippen LogP contribution in [0.4, 0.5) is 17.1 Å². The molecule has 0 saturated heterocycles. The average Bonchev–Trinajstić information content (AvgIpc) is 3.81. The van der Waals surface area contributed by atoms with Crippen molar-refractivity contribution >= 4 is 67.7 Å². The van der Waals surface area contributed by atoms with E-state index in [-0.39, 0.29) is 0 Å². The van der Waals surface area contributed by atoms with Crippen molar-refractivity contribution < 1.29 is 0 Å². The minimum Gasteiger partial charge on any atom is -0.309 e. The average molecular weight is 747 g/mol. The molecular weight excluding hydrogens is 709 g/mol. The summed E-state index contributed by atoms with van der Waals surface area (Å²) < 4.78 is 2.40. The van der Waals surface area contributed by atoms with Crippen LogP contribution in [0.15, 0.2) is 231 Å². The molecule has 0 aliphatic carbocycles. The van der Waals surface area contributed by atoms with Crippen LogP contribution in [0.3, 0.4) is 0 Å². The third kappa shape index (κ3) is 5.20. The molecule has 9 aromatic rings. The number of hydrogen-bond acceptors (Lipinski definition) is 3. The molecular formula is C52H38N4Si. The number of hydrogen-bond donors (Lipinski definition) is 0. The lowest BCUT2D eigenvalue weighted by molar-refractivity contribution is 0.408. The minimum atomic E-state index is -2.87. The molecule has 0 fully saturated rings. The summed E-state index contributed by atoms with van der Waals surface area (Å²) >= 11 is 0. The lowest BCUT2D eigenvalue weighted by Crippen LogP contribution is -2.74. The zero-order valence-electron chi connectivity index (χ0n) is 31.2. The maximum absolute atomic E-state index is 2.87. The van der Waals surface area contributed by atoms with E-state index >= 15 is 0 Å². The summed E-state index contributed by atoms with van der Waals surface area (Å²) in [6.07, 6.45) is 8.54. The third-order valence-corrected chi connectivity index (χ3v) is 16.3. The third-order valence-electron chi connectivity index (χ3n) is 11.6. The van der Waals surface area contributed by atoms with E-state index in [0.29, 0.717) is 0 Å². The van der Waals surface area contributed by atoms with E-state index in [0.717, 1.165) is 22.7 Å². The van der Waals surface area contributed by atoms with Crippen molar-refractivity contribution in [3.63, 3.8) is 0 Å². The van der Waals surface area contributed by atoms with Crippen LogP contribution >= 0.6 is 0 Å². The van der Waals surface area contributed by atoms with Crippen LogP contribution in [0.2, 0.25) is 0 Å². The van der Waals surface area contributed by atoms with Gasteiger partial charge in [0.1, 0.15) is 0 Å². The first-order valence-corrected chi connectivity index (χ1v) is 21.5. The first-order valence-electron chi connectivity index (χ1n) is 19.5. The minimum absolute atomic E-state index is 1.10. The molecule has 8 aromatic carbocycles. The molecule has 1 aromatic heterocycles. The zero-order valence-corrected chi connectivity index (χ0v) is 32.2. The molecule has 2 aliphatic heterocycles. The van der Waals surface area contributed by atoms with Crippen LogP contribution in [0.1, 0.15) is 0 Å². The van der Waals surface area contributed by atoms with E-state index in [1.807, 2.05) is 0 Å². The van der Waals surface area contributed by atoms with Crippen molar-refractivity contribution in [3.05, 3.63) is 231 Å². The highest BCUT2D eigenvalue weighted by Gasteiger charge is 2.43. The van der Waals surface area contributed by atoms with E-state index < -0.39 is 8.07 Å². The molecule has 0 bridgehead atoms. The van der Waals surface area contributed by atoms with Gasteiger partial charge >= 0.3 is 0 Å². The lowest BCUT2D eigenvalue weighted by atomic mass is 10.0. The van der Waals surface area contributed by atoms with Gasteiger partial charge in [-0.25, -0.2) is 10.0 Å². The number of aromatic nitrogens is 1. The van der Waals surface area contributed by atoms with E-state index in [1.54, 1.807) is 0 Å². The van der Waals surface area contributed by atoms with Gasteiger partial charge in [-0.15, -0.1) is 0 Å². The van der Waals surface area contributed by atoms with Gasteiger partial charge in [-0.1, -0.05) is 164 Å². The summed E-state index contributed by atoms with van der Waals surface area (Å²) in [6.45, 7) is 0. The van der Waals surface area contributed by atoms with Crippen LogP contribution in [0, 0.1) is 0 Å².